The molecule has 0 bridgehead atoms. The highest BCUT2D eigenvalue weighted by atomic mass is 16.5. The molecular formula is C24H21NO4. The highest BCUT2D eigenvalue weighted by molar-refractivity contribution is 5.96. The number of aliphatic carboxylic acids is 1. The highest BCUT2D eigenvalue weighted by Gasteiger charge is 2.18. The molecule has 3 aromatic carbocycles. The van der Waals surface area contributed by atoms with Crippen LogP contribution in [0.2, 0.25) is 0 Å². The van der Waals surface area contributed by atoms with Crippen molar-refractivity contribution in [1.29, 1.82) is 0 Å². The van der Waals surface area contributed by atoms with Gasteiger partial charge in [0, 0.05) is 16.5 Å². The maximum absolute atomic E-state index is 11.6. The number of aryl methyl sites for hydroxylation is 1. The normalized spacial score (nSPS) is 10.8. The summed E-state index contributed by atoms with van der Waals surface area (Å²) in [4.78, 5) is 15.0. The number of benzene rings is 3. The van der Waals surface area contributed by atoms with Gasteiger partial charge in [-0.25, -0.2) is 0 Å². The van der Waals surface area contributed by atoms with Crippen LogP contribution in [0.15, 0.2) is 66.7 Å². The van der Waals surface area contributed by atoms with E-state index in [4.69, 9.17) is 9.47 Å². The van der Waals surface area contributed by atoms with Crippen molar-refractivity contribution in [3.05, 3.63) is 77.9 Å². The summed E-state index contributed by atoms with van der Waals surface area (Å²) >= 11 is 0. The van der Waals surface area contributed by atoms with Crippen LogP contribution < -0.4 is 9.47 Å². The third-order valence-corrected chi connectivity index (χ3v) is 4.85. The number of carboxylic acids is 1. The molecule has 1 heterocycles. The fourth-order valence-electron chi connectivity index (χ4n) is 3.53. The van der Waals surface area contributed by atoms with Gasteiger partial charge in [-0.3, -0.25) is 4.79 Å². The number of methoxy groups -OCH3 is 1. The van der Waals surface area contributed by atoms with Crippen molar-refractivity contribution in [1.82, 2.24) is 4.98 Å². The van der Waals surface area contributed by atoms with Crippen molar-refractivity contribution in [3.8, 4) is 28.5 Å². The van der Waals surface area contributed by atoms with Gasteiger partial charge in [0.25, 0.3) is 0 Å². The first kappa shape index (κ1) is 18.6. The van der Waals surface area contributed by atoms with E-state index in [-0.39, 0.29) is 6.42 Å². The zero-order chi connectivity index (χ0) is 20.4. The fraction of sp³-hybridized carbons (Fsp3) is 0.125. The summed E-state index contributed by atoms with van der Waals surface area (Å²) in [5.41, 5.74) is 4.27. The smallest absolute Gasteiger partial charge is 0.307 e. The van der Waals surface area contributed by atoms with Crippen LogP contribution in [0.25, 0.3) is 22.2 Å². The van der Waals surface area contributed by atoms with Crippen molar-refractivity contribution < 1.29 is 19.4 Å². The van der Waals surface area contributed by atoms with E-state index in [1.165, 1.54) is 0 Å². The van der Waals surface area contributed by atoms with Crippen molar-refractivity contribution in [3.63, 3.8) is 0 Å². The van der Waals surface area contributed by atoms with E-state index in [1.807, 2.05) is 73.7 Å². The van der Waals surface area contributed by atoms with Gasteiger partial charge < -0.3 is 19.6 Å². The Labute approximate surface area is 168 Å². The van der Waals surface area contributed by atoms with Crippen LogP contribution in [0.3, 0.4) is 0 Å². The average molecular weight is 387 g/mol. The molecule has 0 amide bonds. The molecule has 4 aromatic rings. The number of carboxylic acid groups (broad SMARTS) is 1. The Kier molecular flexibility index (Phi) is 4.96. The molecule has 146 valence electrons. The number of hydrogen-bond donors (Lipinski definition) is 2. The molecule has 0 saturated carbocycles. The van der Waals surface area contributed by atoms with Gasteiger partial charge in [-0.15, -0.1) is 0 Å². The molecule has 5 heteroatoms. The summed E-state index contributed by atoms with van der Waals surface area (Å²) in [5, 5.41) is 10.3. The van der Waals surface area contributed by atoms with Gasteiger partial charge in [0.05, 0.1) is 19.2 Å². The zero-order valence-electron chi connectivity index (χ0n) is 16.2. The molecular weight excluding hydrogens is 366 g/mol. The summed E-state index contributed by atoms with van der Waals surface area (Å²) in [6.45, 7) is 1.98. The molecule has 0 aliphatic heterocycles. The minimum atomic E-state index is -0.885. The van der Waals surface area contributed by atoms with Crippen molar-refractivity contribution in [2.24, 2.45) is 0 Å². The molecule has 4 rings (SSSR count). The van der Waals surface area contributed by atoms with Crippen LogP contribution in [0.1, 0.15) is 11.1 Å². The second-order valence-electron chi connectivity index (χ2n) is 6.86. The summed E-state index contributed by atoms with van der Waals surface area (Å²) in [6, 6.07) is 21.0. The number of rotatable bonds is 6. The summed E-state index contributed by atoms with van der Waals surface area (Å²) < 4.78 is 11.3. The number of para-hydroxylation sites is 1. The van der Waals surface area contributed by atoms with E-state index in [1.54, 1.807) is 7.11 Å². The Hall–Kier alpha value is -3.73. The number of nitrogens with one attached hydrogen (secondary N) is 1. The minimum Gasteiger partial charge on any atom is -0.497 e. The first-order valence-corrected chi connectivity index (χ1v) is 9.29. The van der Waals surface area contributed by atoms with Crippen molar-refractivity contribution in [2.45, 2.75) is 13.3 Å². The second-order valence-corrected chi connectivity index (χ2v) is 6.86. The quantitative estimate of drug-likeness (QED) is 0.454. The predicted octanol–water partition coefficient (Wildman–Crippen LogP) is 5.57. The molecule has 0 radical (unpaired) electrons. The largest absolute Gasteiger partial charge is 0.497 e. The van der Waals surface area contributed by atoms with Crippen molar-refractivity contribution >= 4 is 16.9 Å². The zero-order valence-corrected chi connectivity index (χ0v) is 16.2. The number of H-pyrrole nitrogens is 1. The number of aromatic amines is 1. The minimum absolute atomic E-state index is 0.0916. The standard InChI is InChI=1S/C24H21NO4/c1-15-11-19(28-2)13-20-21(14-22(26)27)24(25-23(15)20)16-7-6-10-18(12-16)29-17-8-4-3-5-9-17/h3-13,25H,14H2,1-2H3,(H,26,27). The number of ether oxygens (including phenoxy) is 2. The number of aromatic nitrogens is 1. The van der Waals surface area contributed by atoms with E-state index in [0.29, 0.717) is 11.5 Å². The van der Waals surface area contributed by atoms with Gasteiger partial charge >= 0.3 is 5.97 Å². The average Bonchev–Trinajstić information content (AvgIpc) is 3.07. The van der Waals surface area contributed by atoms with Gasteiger partial charge in [0.1, 0.15) is 17.2 Å². The summed E-state index contributed by atoms with van der Waals surface area (Å²) in [6.07, 6.45) is -0.0916. The first-order chi connectivity index (χ1) is 14.0. The highest BCUT2D eigenvalue weighted by Crippen LogP contribution is 2.36. The van der Waals surface area contributed by atoms with Gasteiger partial charge in [-0.1, -0.05) is 30.3 Å². The number of carbonyl (C=O) groups is 1. The lowest BCUT2D eigenvalue weighted by Gasteiger charge is -2.08. The van der Waals surface area contributed by atoms with E-state index in [9.17, 15) is 9.90 Å². The van der Waals surface area contributed by atoms with Gasteiger partial charge in [0.15, 0.2) is 0 Å². The van der Waals surface area contributed by atoms with E-state index >= 15 is 0 Å². The predicted molar refractivity (Wildman–Crippen MR) is 113 cm³/mol. The fourth-order valence-corrected chi connectivity index (χ4v) is 3.53. The Morgan fingerprint density at radius 3 is 2.45 bits per heavy atom. The van der Waals surface area contributed by atoms with E-state index < -0.39 is 5.97 Å². The van der Waals surface area contributed by atoms with Gasteiger partial charge in [-0.2, -0.15) is 0 Å². The van der Waals surface area contributed by atoms with Crippen LogP contribution in [0, 0.1) is 6.92 Å². The molecule has 29 heavy (non-hydrogen) atoms. The number of hydrogen-bond acceptors (Lipinski definition) is 3. The molecule has 0 atom stereocenters. The molecule has 0 aliphatic carbocycles. The molecule has 0 aliphatic rings. The molecule has 0 unspecified atom stereocenters. The third-order valence-electron chi connectivity index (χ3n) is 4.85. The lowest BCUT2D eigenvalue weighted by atomic mass is 10.0. The van der Waals surface area contributed by atoms with Crippen molar-refractivity contribution in [2.75, 3.05) is 7.11 Å². The monoisotopic (exact) mass is 387 g/mol. The van der Waals surface area contributed by atoms with E-state index in [0.717, 1.165) is 39.0 Å². The van der Waals surface area contributed by atoms with Gasteiger partial charge in [0.2, 0.25) is 0 Å². The first-order valence-electron chi connectivity index (χ1n) is 9.29. The molecule has 2 N–H and O–H groups in total. The van der Waals surface area contributed by atoms with Crippen LogP contribution in [0.5, 0.6) is 17.2 Å². The Balaban J connectivity index is 1.83. The van der Waals surface area contributed by atoms with E-state index in [2.05, 4.69) is 4.98 Å². The molecule has 0 saturated heterocycles. The third kappa shape index (κ3) is 3.80. The number of fused-ring (bicyclic) bond motifs is 1. The maximum atomic E-state index is 11.6. The SMILES string of the molecule is COc1cc(C)c2[nH]c(-c3cccc(Oc4ccccc4)c3)c(CC(=O)O)c2c1. The Bertz CT molecular complexity index is 1180. The molecule has 0 spiro atoms. The summed E-state index contributed by atoms with van der Waals surface area (Å²) in [5.74, 6) is 1.24. The summed E-state index contributed by atoms with van der Waals surface area (Å²) in [7, 11) is 1.61. The second kappa shape index (κ2) is 7.72. The Morgan fingerprint density at radius 2 is 1.72 bits per heavy atom. The van der Waals surface area contributed by atoms with Crippen LogP contribution >= 0.6 is 0 Å². The Morgan fingerprint density at radius 1 is 0.966 bits per heavy atom. The van der Waals surface area contributed by atoms with Crippen LogP contribution in [-0.2, 0) is 11.2 Å². The maximum Gasteiger partial charge on any atom is 0.307 e. The van der Waals surface area contributed by atoms with Gasteiger partial charge in [-0.05, 0) is 54.4 Å². The lowest BCUT2D eigenvalue weighted by molar-refractivity contribution is -0.136. The van der Waals surface area contributed by atoms with Crippen LogP contribution in [0.4, 0.5) is 0 Å². The van der Waals surface area contributed by atoms with Crippen LogP contribution in [-0.4, -0.2) is 23.2 Å². The topological polar surface area (TPSA) is 71.5 Å². The lowest BCUT2D eigenvalue weighted by Crippen LogP contribution is -2.01. The molecule has 0 fully saturated rings. The molecule has 5 nitrogen and oxygen atoms in total. The molecule has 1 aromatic heterocycles.